The van der Waals surface area contributed by atoms with Gasteiger partial charge in [-0.2, -0.15) is 0 Å². The van der Waals surface area contributed by atoms with Crippen molar-refractivity contribution in [3.63, 3.8) is 0 Å². The van der Waals surface area contributed by atoms with Gasteiger partial charge in [0.05, 0.1) is 5.41 Å². The SMILES string of the molecule is Cc1cc(C)cc(C2(C(=O)Nc3ccc(C(=O)NCC(C)C)cc3C)CC2)c1. The number of hydrogen-bond donors (Lipinski definition) is 2. The molecule has 0 saturated heterocycles. The van der Waals surface area contributed by atoms with Crippen molar-refractivity contribution in [1.29, 1.82) is 0 Å². The number of carbonyl (C=O) groups excluding carboxylic acids is 2. The Hall–Kier alpha value is -2.62. The van der Waals surface area contributed by atoms with Gasteiger partial charge in [0, 0.05) is 17.8 Å². The third-order valence-corrected chi connectivity index (χ3v) is 5.37. The Balaban J connectivity index is 1.75. The van der Waals surface area contributed by atoms with Gasteiger partial charge in [0.25, 0.3) is 5.91 Å². The van der Waals surface area contributed by atoms with Crippen molar-refractivity contribution in [3.05, 3.63) is 64.2 Å². The molecule has 4 nitrogen and oxygen atoms in total. The molecule has 0 spiro atoms. The maximum Gasteiger partial charge on any atom is 0.251 e. The molecule has 2 N–H and O–H groups in total. The van der Waals surface area contributed by atoms with Crippen LogP contribution in [0.5, 0.6) is 0 Å². The number of aryl methyl sites for hydroxylation is 3. The van der Waals surface area contributed by atoms with Gasteiger partial charge in [-0.05, 0) is 68.9 Å². The molecule has 0 unspecified atom stereocenters. The predicted molar refractivity (Wildman–Crippen MR) is 114 cm³/mol. The monoisotopic (exact) mass is 378 g/mol. The highest BCUT2D eigenvalue weighted by atomic mass is 16.2. The van der Waals surface area contributed by atoms with E-state index in [1.54, 1.807) is 6.07 Å². The summed E-state index contributed by atoms with van der Waals surface area (Å²) in [4.78, 5) is 25.3. The first-order chi connectivity index (χ1) is 13.2. The molecule has 1 saturated carbocycles. The average molecular weight is 379 g/mol. The molecule has 1 aliphatic carbocycles. The van der Waals surface area contributed by atoms with Gasteiger partial charge in [-0.25, -0.2) is 0 Å². The van der Waals surface area contributed by atoms with Gasteiger partial charge in [0.15, 0.2) is 0 Å². The van der Waals surface area contributed by atoms with Gasteiger partial charge >= 0.3 is 0 Å². The number of anilines is 1. The highest BCUT2D eigenvalue weighted by Crippen LogP contribution is 2.49. The lowest BCUT2D eigenvalue weighted by molar-refractivity contribution is -0.118. The van der Waals surface area contributed by atoms with Crippen LogP contribution in [0.3, 0.4) is 0 Å². The third-order valence-electron chi connectivity index (χ3n) is 5.37. The fourth-order valence-corrected chi connectivity index (χ4v) is 3.61. The molecule has 0 heterocycles. The largest absolute Gasteiger partial charge is 0.352 e. The lowest BCUT2D eigenvalue weighted by Gasteiger charge is -2.18. The molecule has 0 aliphatic heterocycles. The summed E-state index contributed by atoms with van der Waals surface area (Å²) in [5.41, 5.74) is 5.32. The number of hydrogen-bond acceptors (Lipinski definition) is 2. The quantitative estimate of drug-likeness (QED) is 0.767. The maximum absolute atomic E-state index is 13.1. The molecule has 1 aliphatic rings. The van der Waals surface area contributed by atoms with Crippen LogP contribution in [-0.4, -0.2) is 18.4 Å². The van der Waals surface area contributed by atoms with Crippen LogP contribution in [-0.2, 0) is 10.2 Å². The van der Waals surface area contributed by atoms with Crippen LogP contribution in [0.1, 0.15) is 59.3 Å². The van der Waals surface area contributed by atoms with Crippen LogP contribution < -0.4 is 10.6 Å². The van der Waals surface area contributed by atoms with E-state index in [1.165, 1.54) is 11.1 Å². The summed E-state index contributed by atoms with van der Waals surface area (Å²) in [5.74, 6) is 0.366. The Labute approximate surface area is 167 Å². The Morgan fingerprint density at radius 2 is 1.64 bits per heavy atom. The van der Waals surface area contributed by atoms with Crippen LogP contribution in [0.15, 0.2) is 36.4 Å². The predicted octanol–water partition coefficient (Wildman–Crippen LogP) is 4.67. The van der Waals surface area contributed by atoms with Crippen molar-refractivity contribution < 1.29 is 9.59 Å². The van der Waals surface area contributed by atoms with Crippen molar-refractivity contribution in [1.82, 2.24) is 5.32 Å². The van der Waals surface area contributed by atoms with Gasteiger partial charge in [-0.1, -0.05) is 43.2 Å². The van der Waals surface area contributed by atoms with Crippen LogP contribution in [0, 0.1) is 26.7 Å². The second-order valence-corrected chi connectivity index (χ2v) is 8.55. The Morgan fingerprint density at radius 3 is 2.18 bits per heavy atom. The van der Waals surface area contributed by atoms with E-state index in [1.807, 2.05) is 19.1 Å². The van der Waals surface area contributed by atoms with E-state index in [-0.39, 0.29) is 11.8 Å². The molecule has 4 heteroatoms. The molecular weight excluding hydrogens is 348 g/mol. The summed E-state index contributed by atoms with van der Waals surface area (Å²) in [5, 5.41) is 6.02. The van der Waals surface area contributed by atoms with Gasteiger partial charge < -0.3 is 10.6 Å². The summed E-state index contributed by atoms with van der Waals surface area (Å²) in [6.07, 6.45) is 1.74. The second kappa shape index (κ2) is 7.78. The van der Waals surface area contributed by atoms with Crippen LogP contribution in [0.4, 0.5) is 5.69 Å². The summed E-state index contributed by atoms with van der Waals surface area (Å²) in [7, 11) is 0. The van der Waals surface area contributed by atoms with Crippen molar-refractivity contribution in [3.8, 4) is 0 Å². The minimum Gasteiger partial charge on any atom is -0.352 e. The Bertz CT molecular complexity index is 891. The van der Waals surface area contributed by atoms with Gasteiger partial charge in [0.2, 0.25) is 5.91 Å². The second-order valence-electron chi connectivity index (χ2n) is 8.55. The van der Waals surface area contributed by atoms with E-state index in [9.17, 15) is 9.59 Å². The fourth-order valence-electron chi connectivity index (χ4n) is 3.61. The molecule has 2 aromatic rings. The van der Waals surface area contributed by atoms with Crippen LogP contribution in [0.25, 0.3) is 0 Å². The summed E-state index contributed by atoms with van der Waals surface area (Å²) in [6, 6.07) is 11.8. The number of nitrogens with one attached hydrogen (secondary N) is 2. The van der Waals surface area contributed by atoms with Crippen molar-refractivity contribution >= 4 is 17.5 Å². The highest BCUT2D eigenvalue weighted by Gasteiger charge is 2.51. The molecular formula is C24H30N2O2. The molecule has 148 valence electrons. The van der Waals surface area contributed by atoms with Crippen molar-refractivity contribution in [2.24, 2.45) is 5.92 Å². The molecule has 28 heavy (non-hydrogen) atoms. The normalized spacial score (nSPS) is 14.6. The molecule has 1 fully saturated rings. The molecule has 3 rings (SSSR count). The van der Waals surface area contributed by atoms with Gasteiger partial charge in [0.1, 0.15) is 0 Å². The number of rotatable bonds is 6. The number of amides is 2. The third kappa shape index (κ3) is 4.27. The van der Waals surface area contributed by atoms with E-state index in [0.717, 1.165) is 29.7 Å². The molecule has 0 aromatic heterocycles. The van der Waals surface area contributed by atoms with E-state index in [0.29, 0.717) is 18.0 Å². The van der Waals surface area contributed by atoms with Gasteiger partial charge in [-0.15, -0.1) is 0 Å². The zero-order valence-corrected chi connectivity index (χ0v) is 17.5. The van der Waals surface area contributed by atoms with E-state index >= 15 is 0 Å². The maximum atomic E-state index is 13.1. The molecule has 0 radical (unpaired) electrons. The lowest BCUT2D eigenvalue weighted by Crippen LogP contribution is -2.29. The van der Waals surface area contributed by atoms with Crippen molar-refractivity contribution in [2.45, 2.75) is 52.9 Å². The molecule has 0 bridgehead atoms. The van der Waals surface area contributed by atoms with Crippen molar-refractivity contribution in [2.75, 3.05) is 11.9 Å². The molecule has 2 amide bonds. The van der Waals surface area contributed by atoms with E-state index in [4.69, 9.17) is 0 Å². The standard InChI is InChI=1S/C24H30N2O2/c1-15(2)14-25-22(27)19-6-7-21(18(5)13-19)26-23(28)24(8-9-24)20-11-16(3)10-17(4)12-20/h6-7,10-13,15H,8-9,14H2,1-5H3,(H,25,27)(H,26,28). The van der Waals surface area contributed by atoms with E-state index in [2.05, 4.69) is 56.5 Å². The zero-order valence-electron chi connectivity index (χ0n) is 17.5. The highest BCUT2D eigenvalue weighted by molar-refractivity contribution is 6.02. The lowest BCUT2D eigenvalue weighted by atomic mass is 9.91. The van der Waals surface area contributed by atoms with Crippen LogP contribution in [0.2, 0.25) is 0 Å². The van der Waals surface area contributed by atoms with E-state index < -0.39 is 5.41 Å². The number of benzene rings is 2. The van der Waals surface area contributed by atoms with Gasteiger partial charge in [-0.3, -0.25) is 9.59 Å². The first-order valence-electron chi connectivity index (χ1n) is 10.0. The first kappa shape index (κ1) is 20.1. The average Bonchev–Trinajstić information content (AvgIpc) is 3.42. The van der Waals surface area contributed by atoms with Crippen LogP contribution >= 0.6 is 0 Å². The fraction of sp³-hybridized carbons (Fsp3) is 0.417. The number of carbonyl (C=O) groups is 2. The summed E-state index contributed by atoms with van der Waals surface area (Å²) >= 11 is 0. The summed E-state index contributed by atoms with van der Waals surface area (Å²) in [6.45, 7) is 10.8. The minimum absolute atomic E-state index is 0.0395. The minimum atomic E-state index is -0.420. The first-order valence-corrected chi connectivity index (χ1v) is 10.0. The molecule has 0 atom stereocenters. The molecule has 2 aromatic carbocycles. The Morgan fingerprint density at radius 1 is 1.00 bits per heavy atom. The Kier molecular flexibility index (Phi) is 5.59. The smallest absolute Gasteiger partial charge is 0.251 e. The summed E-state index contributed by atoms with van der Waals surface area (Å²) < 4.78 is 0. The topological polar surface area (TPSA) is 58.2 Å². The zero-order chi connectivity index (χ0) is 20.5.